The fourth-order valence-electron chi connectivity index (χ4n) is 2.34. The lowest BCUT2D eigenvalue weighted by molar-refractivity contribution is -0.130. The number of amides is 1. The fourth-order valence-corrected chi connectivity index (χ4v) is 3.24. The van der Waals surface area contributed by atoms with E-state index in [0.29, 0.717) is 19.5 Å². The van der Waals surface area contributed by atoms with Gasteiger partial charge in [-0.25, -0.2) is 0 Å². The van der Waals surface area contributed by atoms with Crippen molar-refractivity contribution in [2.45, 2.75) is 32.7 Å². The molecule has 0 heterocycles. The van der Waals surface area contributed by atoms with E-state index in [9.17, 15) is 4.79 Å². The number of benzene rings is 1. The second kappa shape index (κ2) is 16.5. The first kappa shape index (κ1) is 26.5. The highest BCUT2D eigenvalue weighted by Gasteiger charge is 2.10. The minimum atomic E-state index is 0. The summed E-state index contributed by atoms with van der Waals surface area (Å²) in [5.41, 5.74) is 1.11. The summed E-state index contributed by atoms with van der Waals surface area (Å²) in [6.45, 7) is 4.85. The van der Waals surface area contributed by atoms with E-state index in [1.807, 2.05) is 50.0 Å². The highest BCUT2D eigenvalue weighted by molar-refractivity contribution is 14.0. The van der Waals surface area contributed by atoms with Crippen LogP contribution in [0.1, 0.15) is 31.7 Å². The van der Waals surface area contributed by atoms with Gasteiger partial charge in [-0.15, -0.1) is 24.0 Å². The lowest BCUT2D eigenvalue weighted by Crippen LogP contribution is -2.39. The molecule has 0 atom stereocenters. The van der Waals surface area contributed by atoms with Crippen molar-refractivity contribution in [1.29, 1.82) is 0 Å². The zero-order valence-corrected chi connectivity index (χ0v) is 21.2. The maximum Gasteiger partial charge on any atom is 0.224 e. The van der Waals surface area contributed by atoms with Gasteiger partial charge in [0.1, 0.15) is 0 Å². The van der Waals surface area contributed by atoms with E-state index in [4.69, 9.17) is 0 Å². The molecule has 0 saturated heterocycles. The predicted octanol–water partition coefficient (Wildman–Crippen LogP) is 4.11. The first-order valence-corrected chi connectivity index (χ1v) is 11.3. The number of aliphatic imine (C=N–C) groups is 1. The summed E-state index contributed by atoms with van der Waals surface area (Å²) >= 11 is 5.39. The molecule has 1 aromatic rings. The molecule has 0 aliphatic heterocycles. The molecular formula is C19H32BrIN4OS. The monoisotopic (exact) mass is 570 g/mol. The molecule has 0 bridgehead atoms. The summed E-state index contributed by atoms with van der Waals surface area (Å²) < 4.78 is 1.03. The number of guanidine groups is 1. The van der Waals surface area contributed by atoms with Gasteiger partial charge in [-0.05, 0) is 43.4 Å². The third kappa shape index (κ3) is 11.8. The molecule has 0 aliphatic rings. The molecule has 0 unspecified atom stereocenters. The molecule has 0 fully saturated rings. The molecule has 1 amide bonds. The minimum Gasteiger partial charge on any atom is -0.357 e. The molecule has 0 saturated carbocycles. The van der Waals surface area contributed by atoms with E-state index in [1.54, 1.807) is 4.90 Å². The van der Waals surface area contributed by atoms with Gasteiger partial charge >= 0.3 is 0 Å². The van der Waals surface area contributed by atoms with Crippen molar-refractivity contribution >= 4 is 63.5 Å². The van der Waals surface area contributed by atoms with Crippen molar-refractivity contribution in [2.24, 2.45) is 4.99 Å². The largest absolute Gasteiger partial charge is 0.357 e. The Balaban J connectivity index is 0.00000676. The SMILES string of the molecule is CCNC(=NCCCCSC)NCCC(=O)N(C)Cc1ccccc1Br.I. The fraction of sp³-hybridized carbons (Fsp3) is 0.579. The highest BCUT2D eigenvalue weighted by Crippen LogP contribution is 2.17. The Hall–Kier alpha value is -0.480. The Bertz CT molecular complexity index is 574. The van der Waals surface area contributed by atoms with Crippen molar-refractivity contribution in [3.8, 4) is 0 Å². The maximum absolute atomic E-state index is 12.3. The van der Waals surface area contributed by atoms with Gasteiger partial charge in [0.2, 0.25) is 5.91 Å². The Kier molecular flexibility index (Phi) is 16.2. The molecule has 0 spiro atoms. The molecule has 0 aromatic heterocycles. The molecule has 5 nitrogen and oxygen atoms in total. The Morgan fingerprint density at radius 3 is 2.67 bits per heavy atom. The number of hydrogen-bond acceptors (Lipinski definition) is 3. The van der Waals surface area contributed by atoms with Gasteiger partial charge in [0, 0.05) is 44.1 Å². The van der Waals surface area contributed by atoms with E-state index in [1.165, 1.54) is 12.2 Å². The molecule has 1 aromatic carbocycles. The quantitative estimate of drug-likeness (QED) is 0.182. The van der Waals surface area contributed by atoms with Crippen molar-refractivity contribution in [2.75, 3.05) is 38.7 Å². The van der Waals surface area contributed by atoms with Crippen LogP contribution in [-0.2, 0) is 11.3 Å². The number of nitrogens with zero attached hydrogens (tertiary/aromatic N) is 2. The number of halogens is 2. The molecule has 0 aliphatic carbocycles. The van der Waals surface area contributed by atoms with Crippen LogP contribution in [0.3, 0.4) is 0 Å². The summed E-state index contributed by atoms with van der Waals surface area (Å²) in [7, 11) is 1.84. The van der Waals surface area contributed by atoms with E-state index in [0.717, 1.165) is 35.5 Å². The third-order valence-corrected chi connectivity index (χ3v) is 5.26. The van der Waals surface area contributed by atoms with Gasteiger partial charge in [0.05, 0.1) is 0 Å². The van der Waals surface area contributed by atoms with E-state index in [-0.39, 0.29) is 29.9 Å². The first-order valence-electron chi connectivity index (χ1n) is 9.07. The highest BCUT2D eigenvalue weighted by atomic mass is 127. The normalized spacial score (nSPS) is 10.9. The van der Waals surface area contributed by atoms with Crippen LogP contribution >= 0.6 is 51.7 Å². The topological polar surface area (TPSA) is 56.7 Å². The number of rotatable bonds is 11. The van der Waals surface area contributed by atoms with E-state index >= 15 is 0 Å². The zero-order chi connectivity index (χ0) is 19.2. The van der Waals surface area contributed by atoms with Gasteiger partial charge in [-0.2, -0.15) is 11.8 Å². The van der Waals surface area contributed by atoms with Gasteiger partial charge in [-0.3, -0.25) is 9.79 Å². The molecule has 8 heteroatoms. The first-order chi connectivity index (χ1) is 12.6. The number of nitrogens with one attached hydrogen (secondary N) is 2. The van der Waals surface area contributed by atoms with Crippen molar-refractivity contribution < 1.29 is 4.79 Å². The lowest BCUT2D eigenvalue weighted by atomic mass is 10.2. The van der Waals surface area contributed by atoms with Crippen molar-refractivity contribution in [3.63, 3.8) is 0 Å². The van der Waals surface area contributed by atoms with Crippen LogP contribution in [0.4, 0.5) is 0 Å². The predicted molar refractivity (Wildman–Crippen MR) is 132 cm³/mol. The molecule has 154 valence electrons. The van der Waals surface area contributed by atoms with Crippen molar-refractivity contribution in [3.05, 3.63) is 34.3 Å². The van der Waals surface area contributed by atoms with E-state index < -0.39 is 0 Å². The van der Waals surface area contributed by atoms with Crippen LogP contribution in [0.15, 0.2) is 33.7 Å². The molecule has 27 heavy (non-hydrogen) atoms. The number of unbranched alkanes of at least 4 members (excludes halogenated alkanes) is 1. The van der Waals surface area contributed by atoms with Crippen LogP contribution in [0.2, 0.25) is 0 Å². The van der Waals surface area contributed by atoms with Gasteiger partial charge in [0.15, 0.2) is 5.96 Å². The minimum absolute atomic E-state index is 0. The number of hydrogen-bond donors (Lipinski definition) is 2. The molecule has 1 rings (SSSR count). The van der Waals surface area contributed by atoms with Crippen LogP contribution in [0, 0.1) is 0 Å². The summed E-state index contributed by atoms with van der Waals surface area (Å²) in [5, 5.41) is 6.48. The van der Waals surface area contributed by atoms with Crippen molar-refractivity contribution in [1.82, 2.24) is 15.5 Å². The average Bonchev–Trinajstić information content (AvgIpc) is 2.63. The maximum atomic E-state index is 12.3. The second-order valence-corrected chi connectivity index (χ2v) is 7.82. The number of carbonyl (C=O) groups excluding carboxylic acids is 1. The summed E-state index contributed by atoms with van der Waals surface area (Å²) in [6.07, 6.45) is 4.84. The average molecular weight is 571 g/mol. The number of thioether (sulfide) groups is 1. The standard InChI is InChI=1S/C19H31BrN4OS.HI/c1-4-21-19(22-12-7-8-14-26-3)23-13-11-18(25)24(2)15-16-9-5-6-10-17(16)20;/h5-6,9-10H,4,7-8,11-15H2,1-3H3,(H2,21,22,23);1H. The Morgan fingerprint density at radius 1 is 1.26 bits per heavy atom. The number of carbonyl (C=O) groups is 1. The lowest BCUT2D eigenvalue weighted by Gasteiger charge is -2.19. The van der Waals surface area contributed by atoms with Crippen LogP contribution in [0.5, 0.6) is 0 Å². The van der Waals surface area contributed by atoms with Gasteiger partial charge in [-0.1, -0.05) is 34.1 Å². The van der Waals surface area contributed by atoms with E-state index in [2.05, 4.69) is 37.8 Å². The smallest absolute Gasteiger partial charge is 0.224 e. The molecule has 2 N–H and O–H groups in total. The molecule has 0 radical (unpaired) electrons. The summed E-state index contributed by atoms with van der Waals surface area (Å²) in [6, 6.07) is 7.98. The zero-order valence-electron chi connectivity index (χ0n) is 16.5. The van der Waals surface area contributed by atoms with Gasteiger partial charge in [0.25, 0.3) is 0 Å². The second-order valence-electron chi connectivity index (χ2n) is 5.98. The summed E-state index contributed by atoms with van der Waals surface area (Å²) in [5.74, 6) is 2.08. The van der Waals surface area contributed by atoms with Gasteiger partial charge < -0.3 is 15.5 Å². The third-order valence-electron chi connectivity index (χ3n) is 3.79. The Morgan fingerprint density at radius 2 is 2.00 bits per heavy atom. The van der Waals surface area contributed by atoms with Crippen LogP contribution < -0.4 is 10.6 Å². The molecular weight excluding hydrogens is 539 g/mol. The van der Waals surface area contributed by atoms with Crippen LogP contribution in [-0.4, -0.2) is 55.5 Å². The van der Waals surface area contributed by atoms with Crippen LogP contribution in [0.25, 0.3) is 0 Å². The summed E-state index contributed by atoms with van der Waals surface area (Å²) in [4.78, 5) is 18.7. The Labute approximate surface area is 193 Å².